The van der Waals surface area contributed by atoms with Gasteiger partial charge < -0.3 is 9.15 Å². The van der Waals surface area contributed by atoms with Crippen molar-refractivity contribution in [2.75, 3.05) is 7.11 Å². The van der Waals surface area contributed by atoms with Crippen molar-refractivity contribution in [3.05, 3.63) is 42.5 Å². The average molecular weight is 290 g/mol. The summed E-state index contributed by atoms with van der Waals surface area (Å²) in [5, 5.41) is 7.67. The zero-order valence-corrected chi connectivity index (χ0v) is 11.3. The zero-order valence-electron chi connectivity index (χ0n) is 10.5. The highest BCUT2D eigenvalue weighted by Gasteiger charge is 2.24. The lowest BCUT2D eigenvalue weighted by Gasteiger charge is -2.00. The summed E-state index contributed by atoms with van der Waals surface area (Å²) in [4.78, 5) is 0. The number of ether oxygens (including phenoxy) is 1. The van der Waals surface area contributed by atoms with Crippen LogP contribution in [0.3, 0.4) is 0 Å². The van der Waals surface area contributed by atoms with Crippen molar-refractivity contribution in [3.63, 3.8) is 0 Å². The van der Waals surface area contributed by atoms with Gasteiger partial charge in [-0.2, -0.15) is 0 Å². The molecule has 0 aliphatic carbocycles. The number of aromatic nitrogens is 2. The third kappa shape index (κ3) is 2.01. The van der Waals surface area contributed by atoms with E-state index in [1.807, 2.05) is 0 Å². The molecule has 0 amide bonds. The van der Waals surface area contributed by atoms with Crippen molar-refractivity contribution in [1.82, 2.24) is 10.2 Å². The first-order valence-corrected chi connectivity index (χ1v) is 7.21. The van der Waals surface area contributed by atoms with Gasteiger partial charge in [0.05, 0.1) is 7.11 Å². The van der Waals surface area contributed by atoms with Gasteiger partial charge >= 0.3 is 0 Å². The molecule has 3 rings (SSSR count). The molecule has 0 saturated heterocycles. The summed E-state index contributed by atoms with van der Waals surface area (Å²) in [5.74, 6) is 0.244. The number of benzene rings is 1. The molecule has 0 N–H and O–H groups in total. The van der Waals surface area contributed by atoms with E-state index in [0.717, 1.165) is 0 Å². The fraction of sp³-hybridized carbons (Fsp3) is 0.0769. The lowest BCUT2D eigenvalue weighted by Crippen LogP contribution is -2.05. The molecule has 0 fully saturated rings. The standard InChI is InChI=1S/C13H10N2O4S/c1-18-11-6-7-12(15-14-11)20(16,17)13-8-9-4-2-3-5-10(9)19-13/h2-8H,1H3. The number of para-hydroxylation sites is 1. The summed E-state index contributed by atoms with van der Waals surface area (Å²) in [5.41, 5.74) is 0.507. The zero-order chi connectivity index (χ0) is 14.2. The van der Waals surface area contributed by atoms with Crippen LogP contribution in [-0.2, 0) is 9.84 Å². The van der Waals surface area contributed by atoms with Crippen molar-refractivity contribution >= 4 is 20.8 Å². The van der Waals surface area contributed by atoms with E-state index in [1.54, 1.807) is 24.3 Å². The quantitative estimate of drug-likeness (QED) is 0.734. The van der Waals surface area contributed by atoms with Gasteiger partial charge in [0.1, 0.15) is 5.58 Å². The van der Waals surface area contributed by atoms with Crippen LogP contribution in [0.4, 0.5) is 0 Å². The molecule has 0 radical (unpaired) electrons. The first-order chi connectivity index (χ1) is 9.61. The van der Waals surface area contributed by atoms with E-state index < -0.39 is 9.84 Å². The Morgan fingerprint density at radius 2 is 1.90 bits per heavy atom. The van der Waals surface area contributed by atoms with Crippen LogP contribution in [0.1, 0.15) is 0 Å². The number of fused-ring (bicyclic) bond motifs is 1. The molecule has 0 aliphatic heterocycles. The van der Waals surface area contributed by atoms with E-state index in [9.17, 15) is 8.42 Å². The first kappa shape index (κ1) is 12.6. The minimum Gasteiger partial charge on any atom is -0.480 e. The summed E-state index contributed by atoms with van der Waals surface area (Å²) in [7, 11) is -2.39. The molecule has 2 aromatic heterocycles. The Kier molecular flexibility index (Phi) is 2.90. The molecule has 7 heteroatoms. The average Bonchev–Trinajstić information content (AvgIpc) is 2.92. The molecule has 6 nitrogen and oxygen atoms in total. The number of hydrogen-bond donors (Lipinski definition) is 0. The van der Waals surface area contributed by atoms with E-state index in [4.69, 9.17) is 9.15 Å². The second-order valence-electron chi connectivity index (χ2n) is 4.02. The highest BCUT2D eigenvalue weighted by atomic mass is 32.2. The molecule has 1 aromatic carbocycles. The number of methoxy groups -OCH3 is 1. The third-order valence-electron chi connectivity index (χ3n) is 2.77. The van der Waals surface area contributed by atoms with E-state index in [1.165, 1.54) is 25.3 Å². The second kappa shape index (κ2) is 4.61. The molecular weight excluding hydrogens is 280 g/mol. The number of hydrogen-bond acceptors (Lipinski definition) is 6. The normalized spacial score (nSPS) is 11.7. The summed E-state index contributed by atoms with van der Waals surface area (Å²) < 4.78 is 34.9. The summed E-state index contributed by atoms with van der Waals surface area (Å²) in [6.45, 7) is 0. The number of nitrogens with zero attached hydrogens (tertiary/aromatic N) is 2. The Hall–Kier alpha value is -2.41. The van der Waals surface area contributed by atoms with Crippen LogP contribution in [0.25, 0.3) is 11.0 Å². The van der Waals surface area contributed by atoms with Crippen molar-refractivity contribution in [1.29, 1.82) is 0 Å². The molecule has 0 atom stereocenters. The molecule has 0 bridgehead atoms. The molecule has 0 unspecified atom stereocenters. The Labute approximate surface area is 114 Å². The number of sulfone groups is 1. The van der Waals surface area contributed by atoms with Crippen molar-refractivity contribution < 1.29 is 17.6 Å². The Morgan fingerprint density at radius 3 is 2.55 bits per heavy atom. The molecule has 3 aromatic rings. The van der Waals surface area contributed by atoms with E-state index in [-0.39, 0.29) is 16.0 Å². The maximum absolute atomic E-state index is 12.4. The van der Waals surface area contributed by atoms with E-state index in [0.29, 0.717) is 11.0 Å². The second-order valence-corrected chi connectivity index (χ2v) is 5.85. The van der Waals surface area contributed by atoms with E-state index >= 15 is 0 Å². The molecule has 2 heterocycles. The lowest BCUT2D eigenvalue weighted by molar-refractivity contribution is 0.389. The van der Waals surface area contributed by atoms with Gasteiger partial charge in [0, 0.05) is 17.5 Å². The van der Waals surface area contributed by atoms with Crippen LogP contribution >= 0.6 is 0 Å². The summed E-state index contributed by atoms with van der Waals surface area (Å²) in [6, 6.07) is 11.3. The maximum Gasteiger partial charge on any atom is 0.258 e. The van der Waals surface area contributed by atoms with Gasteiger partial charge in [0.25, 0.3) is 9.84 Å². The third-order valence-corrected chi connectivity index (χ3v) is 4.27. The van der Waals surface area contributed by atoms with E-state index in [2.05, 4.69) is 10.2 Å². The molecule has 20 heavy (non-hydrogen) atoms. The van der Waals surface area contributed by atoms with Crippen molar-refractivity contribution in [3.8, 4) is 5.88 Å². The summed E-state index contributed by atoms with van der Waals surface area (Å²) >= 11 is 0. The van der Waals surface area contributed by atoms with Gasteiger partial charge in [-0.05, 0) is 12.1 Å². The topological polar surface area (TPSA) is 82.3 Å². The lowest BCUT2D eigenvalue weighted by atomic mass is 10.3. The molecule has 102 valence electrons. The largest absolute Gasteiger partial charge is 0.480 e. The van der Waals surface area contributed by atoms with Gasteiger partial charge in [0.2, 0.25) is 11.0 Å². The van der Waals surface area contributed by atoms with Gasteiger partial charge in [0.15, 0.2) is 5.03 Å². The number of furan rings is 1. The SMILES string of the molecule is COc1ccc(S(=O)(=O)c2cc3ccccc3o2)nn1. The van der Waals surface area contributed by atoms with Crippen LogP contribution < -0.4 is 4.74 Å². The Morgan fingerprint density at radius 1 is 1.10 bits per heavy atom. The highest BCUT2D eigenvalue weighted by Crippen LogP contribution is 2.26. The van der Waals surface area contributed by atoms with Crippen LogP contribution in [-0.4, -0.2) is 25.7 Å². The van der Waals surface area contributed by atoms with Crippen LogP contribution in [0.2, 0.25) is 0 Å². The summed E-state index contributed by atoms with van der Waals surface area (Å²) in [6.07, 6.45) is 0. The minimum atomic E-state index is -3.82. The predicted molar refractivity (Wildman–Crippen MR) is 70.2 cm³/mol. The van der Waals surface area contributed by atoms with Gasteiger partial charge in [-0.25, -0.2) is 8.42 Å². The minimum absolute atomic E-state index is 0.154. The fourth-order valence-corrected chi connectivity index (χ4v) is 2.84. The van der Waals surface area contributed by atoms with Crippen LogP contribution in [0, 0.1) is 0 Å². The van der Waals surface area contributed by atoms with Crippen molar-refractivity contribution in [2.45, 2.75) is 10.1 Å². The monoisotopic (exact) mass is 290 g/mol. The smallest absolute Gasteiger partial charge is 0.258 e. The molecule has 0 saturated carbocycles. The first-order valence-electron chi connectivity index (χ1n) is 5.72. The van der Waals surface area contributed by atoms with Crippen molar-refractivity contribution in [2.24, 2.45) is 0 Å². The van der Waals surface area contributed by atoms with Gasteiger partial charge in [-0.15, -0.1) is 10.2 Å². The maximum atomic E-state index is 12.4. The highest BCUT2D eigenvalue weighted by molar-refractivity contribution is 7.91. The van der Waals surface area contributed by atoms with Crippen LogP contribution in [0.15, 0.2) is 57.0 Å². The molecular formula is C13H10N2O4S. The molecule has 0 aliphatic rings. The Bertz CT molecular complexity index is 820. The molecule has 0 spiro atoms. The van der Waals surface area contributed by atoms with Gasteiger partial charge in [-0.3, -0.25) is 0 Å². The van der Waals surface area contributed by atoms with Crippen LogP contribution in [0.5, 0.6) is 5.88 Å². The van der Waals surface area contributed by atoms with Gasteiger partial charge in [-0.1, -0.05) is 18.2 Å². The fourth-order valence-electron chi connectivity index (χ4n) is 1.75. The predicted octanol–water partition coefficient (Wildman–Crippen LogP) is 2.06. The number of rotatable bonds is 3. The Balaban J connectivity index is 2.10.